The van der Waals surface area contributed by atoms with Gasteiger partial charge < -0.3 is 15.8 Å². The summed E-state index contributed by atoms with van der Waals surface area (Å²) in [6, 6.07) is 5.28. The molecule has 1 aliphatic heterocycles. The predicted molar refractivity (Wildman–Crippen MR) is 74.2 cm³/mol. The molecule has 3 rings (SSSR count). The number of aromatic nitrogens is 2. The zero-order chi connectivity index (χ0) is 16.6. The summed E-state index contributed by atoms with van der Waals surface area (Å²) in [5, 5.41) is 7.33. The number of hydrogen-bond acceptors (Lipinski definition) is 4. The number of hydrogen-bond donors (Lipinski definition) is 2. The van der Waals surface area contributed by atoms with Crippen LogP contribution in [0.1, 0.15) is 21.7 Å². The van der Waals surface area contributed by atoms with Gasteiger partial charge in [0.2, 0.25) is 0 Å². The van der Waals surface area contributed by atoms with Crippen LogP contribution in [0.3, 0.4) is 0 Å². The maximum atomic E-state index is 12.2. The lowest BCUT2D eigenvalue weighted by Gasteiger charge is -2.15. The van der Waals surface area contributed by atoms with E-state index in [0.717, 1.165) is 11.3 Å². The van der Waals surface area contributed by atoms with Crippen molar-refractivity contribution in [3.63, 3.8) is 0 Å². The van der Waals surface area contributed by atoms with Gasteiger partial charge in [0.25, 0.3) is 5.91 Å². The third-order valence-corrected chi connectivity index (χ3v) is 3.48. The van der Waals surface area contributed by atoms with Gasteiger partial charge in [-0.25, -0.2) is 4.68 Å². The second-order valence-electron chi connectivity index (χ2n) is 5.02. The summed E-state index contributed by atoms with van der Waals surface area (Å²) < 4.78 is 41.9. The average Bonchev–Trinajstić information content (AvgIpc) is 2.86. The Bertz CT molecular complexity index is 738. The lowest BCUT2D eigenvalue weighted by Crippen LogP contribution is -2.26. The van der Waals surface area contributed by atoms with Gasteiger partial charge in [-0.2, -0.15) is 5.10 Å². The number of primary amides is 1. The van der Waals surface area contributed by atoms with E-state index < -0.39 is 12.3 Å². The fourth-order valence-electron chi connectivity index (χ4n) is 2.55. The van der Waals surface area contributed by atoms with Crippen LogP contribution in [0.15, 0.2) is 24.3 Å². The monoisotopic (exact) mass is 326 g/mol. The van der Waals surface area contributed by atoms with Crippen molar-refractivity contribution in [2.75, 3.05) is 6.54 Å². The van der Waals surface area contributed by atoms with Crippen LogP contribution in [0.25, 0.3) is 5.69 Å². The number of carbonyl (C=O) groups is 1. The van der Waals surface area contributed by atoms with Gasteiger partial charge in [0.1, 0.15) is 5.75 Å². The Morgan fingerprint density at radius 3 is 2.61 bits per heavy atom. The molecular formula is C14H13F3N4O2. The number of carbonyl (C=O) groups excluding carboxylic acids is 1. The number of rotatable bonds is 3. The molecule has 0 unspecified atom stereocenters. The van der Waals surface area contributed by atoms with Crippen molar-refractivity contribution in [1.82, 2.24) is 15.1 Å². The highest BCUT2D eigenvalue weighted by atomic mass is 19.4. The van der Waals surface area contributed by atoms with E-state index in [1.165, 1.54) is 28.9 Å². The maximum Gasteiger partial charge on any atom is 0.573 e. The first-order valence-electron chi connectivity index (χ1n) is 6.82. The van der Waals surface area contributed by atoms with Crippen molar-refractivity contribution in [2.24, 2.45) is 5.73 Å². The molecule has 0 saturated carbocycles. The van der Waals surface area contributed by atoms with E-state index in [4.69, 9.17) is 5.73 Å². The van der Waals surface area contributed by atoms with Crippen LogP contribution in [-0.4, -0.2) is 28.6 Å². The van der Waals surface area contributed by atoms with Gasteiger partial charge in [-0.05, 0) is 24.3 Å². The number of fused-ring (bicyclic) bond motifs is 1. The fraction of sp³-hybridized carbons (Fsp3) is 0.286. The lowest BCUT2D eigenvalue weighted by molar-refractivity contribution is -0.274. The highest BCUT2D eigenvalue weighted by Crippen LogP contribution is 2.26. The molecule has 1 aliphatic rings. The number of halogens is 3. The average molecular weight is 326 g/mol. The van der Waals surface area contributed by atoms with E-state index in [1.807, 2.05) is 0 Å². The number of alkyl halides is 3. The molecule has 6 nitrogen and oxygen atoms in total. The Morgan fingerprint density at radius 1 is 1.30 bits per heavy atom. The molecule has 1 amide bonds. The molecule has 0 fully saturated rings. The maximum absolute atomic E-state index is 12.2. The largest absolute Gasteiger partial charge is 0.573 e. The Hall–Kier alpha value is -2.55. The Balaban J connectivity index is 1.97. The summed E-state index contributed by atoms with van der Waals surface area (Å²) in [5.41, 5.74) is 7.58. The van der Waals surface area contributed by atoms with Crippen molar-refractivity contribution >= 4 is 5.91 Å². The molecular weight excluding hydrogens is 313 g/mol. The van der Waals surface area contributed by atoms with Gasteiger partial charge in [-0.3, -0.25) is 4.79 Å². The summed E-state index contributed by atoms with van der Waals surface area (Å²) in [6.45, 7) is 1.19. The van der Waals surface area contributed by atoms with Crippen LogP contribution >= 0.6 is 0 Å². The standard InChI is InChI=1S/C14H13F3N4O2/c15-14(16,17)23-9-3-1-8(2-4-9)21-11-5-6-19-7-10(11)12(20-21)13(18)22/h1-4,19H,5-7H2,(H2,18,22). The Kier molecular flexibility index (Phi) is 3.72. The summed E-state index contributed by atoms with van der Waals surface area (Å²) in [7, 11) is 0. The quantitative estimate of drug-likeness (QED) is 0.896. The highest BCUT2D eigenvalue weighted by molar-refractivity contribution is 5.92. The van der Waals surface area contributed by atoms with E-state index in [1.54, 1.807) is 0 Å². The van der Waals surface area contributed by atoms with Gasteiger partial charge in [-0.1, -0.05) is 0 Å². The van der Waals surface area contributed by atoms with Gasteiger partial charge in [0.05, 0.1) is 11.4 Å². The molecule has 0 radical (unpaired) electrons. The number of ether oxygens (including phenoxy) is 1. The molecule has 1 aromatic heterocycles. The Morgan fingerprint density at radius 2 is 2.00 bits per heavy atom. The molecule has 0 spiro atoms. The summed E-state index contributed by atoms with van der Waals surface area (Å²) in [6.07, 6.45) is -4.10. The molecule has 9 heteroatoms. The first-order valence-corrected chi connectivity index (χ1v) is 6.82. The number of benzene rings is 1. The topological polar surface area (TPSA) is 82.2 Å². The van der Waals surface area contributed by atoms with Crippen molar-refractivity contribution in [1.29, 1.82) is 0 Å². The van der Waals surface area contributed by atoms with Crippen LogP contribution in [0, 0.1) is 0 Å². The molecule has 0 saturated heterocycles. The minimum Gasteiger partial charge on any atom is -0.406 e. The molecule has 1 aromatic carbocycles. The van der Waals surface area contributed by atoms with E-state index in [0.29, 0.717) is 25.2 Å². The van der Waals surface area contributed by atoms with Crippen molar-refractivity contribution < 1.29 is 22.7 Å². The molecule has 2 aromatic rings. The van der Waals surface area contributed by atoms with E-state index in [9.17, 15) is 18.0 Å². The first-order chi connectivity index (χ1) is 10.8. The number of nitrogens with two attached hydrogens (primary N) is 1. The summed E-state index contributed by atoms with van der Waals surface area (Å²) >= 11 is 0. The van der Waals surface area contributed by atoms with E-state index in [2.05, 4.69) is 15.2 Å². The SMILES string of the molecule is NC(=O)c1nn(-c2ccc(OC(F)(F)F)cc2)c2c1CNCC2. The van der Waals surface area contributed by atoms with Crippen molar-refractivity contribution in [2.45, 2.75) is 19.3 Å². The molecule has 3 N–H and O–H groups in total. The second-order valence-corrected chi connectivity index (χ2v) is 5.02. The number of nitrogens with one attached hydrogen (secondary N) is 1. The highest BCUT2D eigenvalue weighted by Gasteiger charge is 2.31. The van der Waals surface area contributed by atoms with Gasteiger partial charge >= 0.3 is 6.36 Å². The van der Waals surface area contributed by atoms with Gasteiger partial charge in [-0.15, -0.1) is 13.2 Å². The molecule has 0 atom stereocenters. The van der Waals surface area contributed by atoms with Crippen LogP contribution in [-0.2, 0) is 13.0 Å². The third kappa shape index (κ3) is 3.14. The first kappa shape index (κ1) is 15.3. The van der Waals surface area contributed by atoms with Crippen molar-refractivity contribution in [3.05, 3.63) is 41.2 Å². The normalized spacial score (nSPS) is 14.4. The zero-order valence-corrected chi connectivity index (χ0v) is 11.9. The van der Waals surface area contributed by atoms with E-state index in [-0.39, 0.29) is 11.4 Å². The van der Waals surface area contributed by atoms with Crippen LogP contribution < -0.4 is 15.8 Å². The smallest absolute Gasteiger partial charge is 0.406 e. The van der Waals surface area contributed by atoms with E-state index >= 15 is 0 Å². The summed E-state index contributed by atoms with van der Waals surface area (Å²) in [4.78, 5) is 11.5. The van der Waals surface area contributed by atoms with Gasteiger partial charge in [0.15, 0.2) is 5.69 Å². The Labute approximate surface area is 129 Å². The third-order valence-electron chi connectivity index (χ3n) is 3.48. The van der Waals surface area contributed by atoms with Crippen LogP contribution in [0.2, 0.25) is 0 Å². The molecule has 23 heavy (non-hydrogen) atoms. The lowest BCUT2D eigenvalue weighted by atomic mass is 10.1. The molecule has 2 heterocycles. The summed E-state index contributed by atoms with van der Waals surface area (Å²) in [5.74, 6) is -0.959. The zero-order valence-electron chi connectivity index (χ0n) is 11.9. The van der Waals surface area contributed by atoms with Crippen molar-refractivity contribution in [3.8, 4) is 11.4 Å². The van der Waals surface area contributed by atoms with Crippen LogP contribution in [0.4, 0.5) is 13.2 Å². The number of nitrogens with zero attached hydrogens (tertiary/aromatic N) is 2. The predicted octanol–water partition coefficient (Wildman–Crippen LogP) is 1.52. The molecule has 0 aliphatic carbocycles. The molecule has 122 valence electrons. The molecule has 0 bridgehead atoms. The minimum atomic E-state index is -4.74. The second kappa shape index (κ2) is 5.58. The number of amides is 1. The van der Waals surface area contributed by atoms with Gasteiger partial charge in [0, 0.05) is 25.1 Å². The fourth-order valence-corrected chi connectivity index (χ4v) is 2.55. The van der Waals surface area contributed by atoms with Crippen LogP contribution in [0.5, 0.6) is 5.75 Å². The minimum absolute atomic E-state index is 0.169.